The molecule has 20 heavy (non-hydrogen) atoms. The summed E-state index contributed by atoms with van der Waals surface area (Å²) in [5.74, 6) is 1.54. The Hall–Kier alpha value is -2.29. The summed E-state index contributed by atoms with van der Waals surface area (Å²) in [5.41, 5.74) is 4.09. The number of imidazole rings is 1. The number of aromatic nitrogens is 2. The molecule has 1 unspecified atom stereocenters. The van der Waals surface area contributed by atoms with Crippen LogP contribution in [0.1, 0.15) is 29.8 Å². The van der Waals surface area contributed by atoms with Gasteiger partial charge in [0.25, 0.3) is 0 Å². The SMILES string of the molecule is Cc1ccc(C(C)Cc2nc3ccccc3[nH]2)c(O)c1. The number of aryl methyl sites for hydroxylation is 1. The quantitative estimate of drug-likeness (QED) is 0.754. The number of hydrogen-bond acceptors (Lipinski definition) is 2. The van der Waals surface area contributed by atoms with Crippen molar-refractivity contribution in [2.45, 2.75) is 26.2 Å². The highest BCUT2D eigenvalue weighted by Gasteiger charge is 2.13. The van der Waals surface area contributed by atoms with Crippen LogP contribution in [0.2, 0.25) is 0 Å². The van der Waals surface area contributed by atoms with Crippen molar-refractivity contribution in [3.63, 3.8) is 0 Å². The summed E-state index contributed by atoms with van der Waals surface area (Å²) < 4.78 is 0. The molecule has 0 aliphatic heterocycles. The Balaban J connectivity index is 1.86. The molecule has 1 heterocycles. The lowest BCUT2D eigenvalue weighted by Gasteiger charge is -2.12. The normalized spacial score (nSPS) is 12.7. The topological polar surface area (TPSA) is 48.9 Å². The van der Waals surface area contributed by atoms with Crippen LogP contribution in [-0.2, 0) is 6.42 Å². The van der Waals surface area contributed by atoms with Gasteiger partial charge in [0.1, 0.15) is 11.6 Å². The van der Waals surface area contributed by atoms with E-state index in [1.165, 1.54) is 0 Å². The molecule has 3 rings (SSSR count). The molecule has 0 saturated heterocycles. The maximum absolute atomic E-state index is 10.0. The van der Waals surface area contributed by atoms with Crippen molar-refractivity contribution in [2.24, 2.45) is 0 Å². The van der Waals surface area contributed by atoms with Crippen molar-refractivity contribution >= 4 is 11.0 Å². The predicted octanol–water partition coefficient (Wildman–Crippen LogP) is 3.92. The Kier molecular flexibility index (Phi) is 3.18. The van der Waals surface area contributed by atoms with Gasteiger partial charge in [0.2, 0.25) is 0 Å². The van der Waals surface area contributed by atoms with Crippen LogP contribution in [0.15, 0.2) is 42.5 Å². The van der Waals surface area contributed by atoms with E-state index in [1.54, 1.807) is 0 Å². The lowest BCUT2D eigenvalue weighted by atomic mass is 9.95. The number of nitrogens with one attached hydrogen (secondary N) is 1. The Morgan fingerprint density at radius 2 is 2.00 bits per heavy atom. The first-order valence-electron chi connectivity index (χ1n) is 6.86. The predicted molar refractivity (Wildman–Crippen MR) is 81.1 cm³/mol. The minimum absolute atomic E-state index is 0.219. The Morgan fingerprint density at radius 3 is 2.75 bits per heavy atom. The fraction of sp³-hybridized carbons (Fsp3) is 0.235. The third-order valence-corrected chi connectivity index (χ3v) is 3.65. The molecule has 1 atom stereocenters. The highest BCUT2D eigenvalue weighted by Crippen LogP contribution is 2.28. The van der Waals surface area contributed by atoms with Gasteiger partial charge in [-0.1, -0.05) is 31.2 Å². The number of fused-ring (bicyclic) bond motifs is 1. The zero-order valence-corrected chi connectivity index (χ0v) is 11.7. The van der Waals surface area contributed by atoms with Gasteiger partial charge in [-0.15, -0.1) is 0 Å². The van der Waals surface area contributed by atoms with Crippen molar-refractivity contribution in [1.29, 1.82) is 0 Å². The van der Waals surface area contributed by atoms with E-state index in [0.717, 1.165) is 34.4 Å². The van der Waals surface area contributed by atoms with Crippen molar-refractivity contribution in [3.05, 3.63) is 59.4 Å². The van der Waals surface area contributed by atoms with E-state index in [4.69, 9.17) is 0 Å². The molecular weight excluding hydrogens is 248 g/mol. The summed E-state index contributed by atoms with van der Waals surface area (Å²) >= 11 is 0. The number of rotatable bonds is 3. The van der Waals surface area contributed by atoms with Gasteiger partial charge >= 0.3 is 0 Å². The maximum atomic E-state index is 10.0. The third kappa shape index (κ3) is 2.39. The first-order chi connectivity index (χ1) is 9.63. The van der Waals surface area contributed by atoms with Crippen LogP contribution in [0.3, 0.4) is 0 Å². The van der Waals surface area contributed by atoms with Crippen LogP contribution in [0.25, 0.3) is 11.0 Å². The number of hydrogen-bond donors (Lipinski definition) is 2. The summed E-state index contributed by atoms with van der Waals surface area (Å²) in [6.45, 7) is 4.09. The average molecular weight is 266 g/mol. The highest BCUT2D eigenvalue weighted by atomic mass is 16.3. The number of aromatic amines is 1. The lowest BCUT2D eigenvalue weighted by Crippen LogP contribution is -2.00. The highest BCUT2D eigenvalue weighted by molar-refractivity contribution is 5.74. The molecule has 0 fully saturated rings. The lowest BCUT2D eigenvalue weighted by molar-refractivity contribution is 0.461. The number of nitrogens with zero attached hydrogens (tertiary/aromatic N) is 1. The van der Waals surface area contributed by atoms with Crippen molar-refractivity contribution in [3.8, 4) is 5.75 Å². The fourth-order valence-corrected chi connectivity index (χ4v) is 2.57. The zero-order valence-electron chi connectivity index (χ0n) is 11.7. The van der Waals surface area contributed by atoms with Crippen LogP contribution >= 0.6 is 0 Å². The number of phenolic OH excluding ortho intramolecular Hbond substituents is 1. The molecule has 2 N–H and O–H groups in total. The molecule has 2 aromatic carbocycles. The number of phenols is 1. The van der Waals surface area contributed by atoms with Crippen LogP contribution in [-0.4, -0.2) is 15.1 Å². The molecule has 3 heteroatoms. The van der Waals surface area contributed by atoms with Crippen molar-refractivity contribution in [2.75, 3.05) is 0 Å². The van der Waals surface area contributed by atoms with E-state index in [9.17, 15) is 5.11 Å². The van der Waals surface area contributed by atoms with E-state index in [1.807, 2.05) is 49.4 Å². The molecule has 0 bridgehead atoms. The monoisotopic (exact) mass is 266 g/mol. The minimum atomic E-state index is 0.219. The number of benzene rings is 2. The van der Waals surface area contributed by atoms with E-state index >= 15 is 0 Å². The van der Waals surface area contributed by atoms with Gasteiger partial charge in [-0.3, -0.25) is 0 Å². The summed E-state index contributed by atoms with van der Waals surface area (Å²) in [6.07, 6.45) is 0.783. The Labute approximate surface area is 118 Å². The second-order valence-electron chi connectivity index (χ2n) is 5.37. The molecule has 1 aromatic heterocycles. The van der Waals surface area contributed by atoms with E-state index in [0.29, 0.717) is 5.75 Å². The fourth-order valence-electron chi connectivity index (χ4n) is 2.57. The van der Waals surface area contributed by atoms with Gasteiger partial charge < -0.3 is 10.1 Å². The summed E-state index contributed by atoms with van der Waals surface area (Å²) in [5, 5.41) is 10.0. The molecular formula is C17H18N2O. The van der Waals surface area contributed by atoms with Crippen molar-refractivity contribution < 1.29 is 5.11 Å². The maximum Gasteiger partial charge on any atom is 0.119 e. The zero-order chi connectivity index (χ0) is 14.1. The largest absolute Gasteiger partial charge is 0.508 e. The van der Waals surface area contributed by atoms with Gasteiger partial charge in [-0.2, -0.15) is 0 Å². The van der Waals surface area contributed by atoms with Crippen LogP contribution in [0, 0.1) is 6.92 Å². The van der Waals surface area contributed by atoms with E-state index in [-0.39, 0.29) is 5.92 Å². The molecule has 0 spiro atoms. The molecule has 3 aromatic rings. The molecule has 102 valence electrons. The average Bonchev–Trinajstić information content (AvgIpc) is 2.80. The summed E-state index contributed by atoms with van der Waals surface area (Å²) in [4.78, 5) is 7.92. The number of para-hydroxylation sites is 2. The molecule has 0 saturated carbocycles. The first kappa shape index (κ1) is 12.7. The summed E-state index contributed by atoms with van der Waals surface area (Å²) in [6, 6.07) is 13.9. The van der Waals surface area contributed by atoms with Gasteiger partial charge in [0.15, 0.2) is 0 Å². The van der Waals surface area contributed by atoms with Crippen LogP contribution in [0.5, 0.6) is 5.75 Å². The number of H-pyrrole nitrogens is 1. The molecule has 0 radical (unpaired) electrons. The molecule has 0 aliphatic carbocycles. The summed E-state index contributed by atoms with van der Waals surface area (Å²) in [7, 11) is 0. The van der Waals surface area contributed by atoms with Gasteiger partial charge in [-0.05, 0) is 42.2 Å². The van der Waals surface area contributed by atoms with E-state index < -0.39 is 0 Å². The standard InChI is InChI=1S/C17H18N2O/c1-11-7-8-13(16(20)9-11)12(2)10-17-18-14-5-3-4-6-15(14)19-17/h3-9,12,20H,10H2,1-2H3,(H,18,19). The number of aromatic hydroxyl groups is 1. The molecule has 0 amide bonds. The first-order valence-corrected chi connectivity index (χ1v) is 6.86. The molecule has 0 aliphatic rings. The Morgan fingerprint density at radius 1 is 1.20 bits per heavy atom. The Bertz CT molecular complexity index is 713. The second kappa shape index (κ2) is 5.00. The second-order valence-corrected chi connectivity index (χ2v) is 5.37. The van der Waals surface area contributed by atoms with Gasteiger partial charge in [0, 0.05) is 6.42 Å². The van der Waals surface area contributed by atoms with Crippen LogP contribution in [0.4, 0.5) is 0 Å². The van der Waals surface area contributed by atoms with E-state index in [2.05, 4.69) is 16.9 Å². The van der Waals surface area contributed by atoms with Gasteiger partial charge in [-0.25, -0.2) is 4.98 Å². The smallest absolute Gasteiger partial charge is 0.119 e. The van der Waals surface area contributed by atoms with Crippen LogP contribution < -0.4 is 0 Å². The minimum Gasteiger partial charge on any atom is -0.508 e. The van der Waals surface area contributed by atoms with Crippen molar-refractivity contribution in [1.82, 2.24) is 9.97 Å². The molecule has 3 nitrogen and oxygen atoms in total. The third-order valence-electron chi connectivity index (χ3n) is 3.65. The van der Waals surface area contributed by atoms with Gasteiger partial charge in [0.05, 0.1) is 11.0 Å².